The second-order valence-electron chi connectivity index (χ2n) is 11.2. The fourth-order valence-corrected chi connectivity index (χ4v) is 5.99. The number of rotatable bonds is 7. The van der Waals surface area contributed by atoms with E-state index in [1.807, 2.05) is 18.2 Å². The number of benzene rings is 3. The third-order valence-corrected chi connectivity index (χ3v) is 8.41. The predicted octanol–water partition coefficient (Wildman–Crippen LogP) is 6.15. The van der Waals surface area contributed by atoms with Crippen molar-refractivity contribution < 1.29 is 28.5 Å². The molecule has 4 aromatic rings. The molecule has 43 heavy (non-hydrogen) atoms. The first kappa shape index (κ1) is 27.1. The van der Waals surface area contributed by atoms with Crippen LogP contribution in [0.5, 0.6) is 11.5 Å². The van der Waals surface area contributed by atoms with Crippen molar-refractivity contribution in [2.45, 2.75) is 44.7 Å². The molecule has 0 saturated carbocycles. The lowest BCUT2D eigenvalue weighted by atomic mass is 9.98. The van der Waals surface area contributed by atoms with Gasteiger partial charge in [0.05, 0.1) is 47.9 Å². The summed E-state index contributed by atoms with van der Waals surface area (Å²) < 4.78 is 35.2. The number of aromatic carboxylic acids is 1. The van der Waals surface area contributed by atoms with E-state index < -0.39 is 17.6 Å². The van der Waals surface area contributed by atoms with Gasteiger partial charge in [-0.15, -0.1) is 0 Å². The summed E-state index contributed by atoms with van der Waals surface area (Å²) in [5.74, 6) is -0.862. The maximum absolute atomic E-state index is 14.9. The zero-order valence-electron chi connectivity index (χ0n) is 23.5. The fourth-order valence-electron chi connectivity index (χ4n) is 5.99. The molecule has 3 aliphatic heterocycles. The molecule has 7 rings (SSSR count). The van der Waals surface area contributed by atoms with Crippen LogP contribution in [0.3, 0.4) is 0 Å². The monoisotopic (exact) mass is 580 g/mol. The van der Waals surface area contributed by atoms with Crippen LogP contribution >= 0.6 is 0 Å². The minimum absolute atomic E-state index is 0.102. The van der Waals surface area contributed by atoms with Crippen LogP contribution in [-0.2, 0) is 23.6 Å². The topological polar surface area (TPSA) is 90.4 Å². The van der Waals surface area contributed by atoms with Gasteiger partial charge in [0.1, 0.15) is 11.6 Å². The van der Waals surface area contributed by atoms with Crippen LogP contribution in [0.4, 0.5) is 10.1 Å². The van der Waals surface area contributed by atoms with E-state index >= 15 is 0 Å². The van der Waals surface area contributed by atoms with Crippen molar-refractivity contribution in [1.82, 2.24) is 14.5 Å². The van der Waals surface area contributed by atoms with Crippen LogP contribution in [0.15, 0.2) is 60.7 Å². The van der Waals surface area contributed by atoms with Gasteiger partial charge >= 0.3 is 5.97 Å². The second kappa shape index (κ2) is 10.5. The Kier molecular flexibility index (Phi) is 6.64. The Balaban J connectivity index is 1.12. The zero-order chi connectivity index (χ0) is 29.7. The number of hydrogen-bond acceptors (Lipinski definition) is 6. The molecule has 0 radical (unpaired) electrons. The number of carboxylic acids is 1. The lowest BCUT2D eigenvalue weighted by molar-refractivity contribution is -0.0708. The number of carboxylic acid groups (broad SMARTS) is 1. The van der Waals surface area contributed by atoms with Crippen molar-refractivity contribution in [2.75, 3.05) is 19.7 Å². The molecule has 1 unspecified atom stereocenters. The van der Waals surface area contributed by atoms with E-state index in [2.05, 4.69) is 20.4 Å². The molecule has 1 fully saturated rings. The lowest BCUT2D eigenvalue weighted by Crippen LogP contribution is -2.33. The van der Waals surface area contributed by atoms with Crippen molar-refractivity contribution in [2.24, 2.45) is 0 Å². The molecule has 0 bridgehead atoms. The molecular weight excluding hydrogens is 551 g/mol. The van der Waals surface area contributed by atoms with Gasteiger partial charge < -0.3 is 23.9 Å². The fraction of sp³-hybridized carbons (Fsp3) is 0.303. The average Bonchev–Trinajstić information content (AvgIpc) is 3.51. The van der Waals surface area contributed by atoms with Crippen LogP contribution in [0.2, 0.25) is 0 Å². The molecule has 3 aromatic carbocycles. The summed E-state index contributed by atoms with van der Waals surface area (Å²) in [6.45, 7) is 12.3. The van der Waals surface area contributed by atoms with Crippen molar-refractivity contribution in [3.63, 3.8) is 0 Å². The molecule has 1 saturated heterocycles. The molecule has 4 heterocycles. The van der Waals surface area contributed by atoms with Crippen LogP contribution in [0, 0.1) is 12.4 Å². The molecule has 9 nitrogen and oxygen atoms in total. The van der Waals surface area contributed by atoms with Crippen LogP contribution < -0.4 is 9.47 Å². The summed E-state index contributed by atoms with van der Waals surface area (Å²) in [6.07, 6.45) is 4.01. The number of aromatic nitrogens is 2. The Hall–Kier alpha value is -4.72. The van der Waals surface area contributed by atoms with Crippen molar-refractivity contribution >= 4 is 28.3 Å². The first-order valence-electron chi connectivity index (χ1n) is 14.3. The van der Waals surface area contributed by atoms with E-state index in [0.29, 0.717) is 31.1 Å². The highest BCUT2D eigenvalue weighted by molar-refractivity contribution is 5.92. The van der Waals surface area contributed by atoms with E-state index in [0.717, 1.165) is 54.0 Å². The van der Waals surface area contributed by atoms with Gasteiger partial charge in [0.25, 0.3) is 5.79 Å². The van der Waals surface area contributed by atoms with Gasteiger partial charge in [0.2, 0.25) is 0 Å². The highest BCUT2D eigenvalue weighted by Gasteiger charge is 2.42. The van der Waals surface area contributed by atoms with Gasteiger partial charge in [-0.3, -0.25) is 4.90 Å². The van der Waals surface area contributed by atoms with Gasteiger partial charge in [-0.05, 0) is 48.7 Å². The van der Waals surface area contributed by atoms with Crippen LogP contribution in [0.25, 0.3) is 21.5 Å². The number of carbonyl (C=O) groups is 1. The number of nitrogens with zero attached hydrogens (tertiary/aromatic N) is 4. The van der Waals surface area contributed by atoms with Crippen LogP contribution in [0.1, 0.15) is 47.1 Å². The normalized spacial score (nSPS) is 21.3. The van der Waals surface area contributed by atoms with Crippen molar-refractivity contribution in [1.29, 1.82) is 0 Å². The molecule has 10 heteroatoms. The molecule has 2 atom stereocenters. The highest BCUT2D eigenvalue weighted by atomic mass is 19.1. The molecule has 1 N–H and O–H groups in total. The van der Waals surface area contributed by atoms with Gasteiger partial charge in [-0.1, -0.05) is 30.3 Å². The molecule has 0 spiro atoms. The van der Waals surface area contributed by atoms with Crippen molar-refractivity contribution in [3.8, 4) is 11.5 Å². The highest BCUT2D eigenvalue weighted by Crippen LogP contribution is 2.49. The van der Waals surface area contributed by atoms with Gasteiger partial charge in [0, 0.05) is 32.2 Å². The largest absolute Gasteiger partial charge is 0.478 e. The lowest BCUT2D eigenvalue weighted by Gasteiger charge is -2.29. The maximum Gasteiger partial charge on any atom is 0.335 e. The summed E-state index contributed by atoms with van der Waals surface area (Å²) in [5, 5.41) is 9.53. The van der Waals surface area contributed by atoms with E-state index in [1.54, 1.807) is 37.3 Å². The standard InChI is InChI=1S/C33H29FN4O5/c1-33(25-8-7-22(35-2)17-26(25)34)42-29-5-3-4-24(31(29)43-33)20-10-13-37(14-11-20)19-30-36-27-9-6-21(32(39)40)16-28(27)38(30)18-23-12-15-41-23/h3-10,16-17,23H,11-15,18-19H2,1H3,(H,39,40)/t23-,33?/m0/s1. The number of ether oxygens (including phenoxy) is 3. The Morgan fingerprint density at radius 1 is 1.21 bits per heavy atom. The van der Waals surface area contributed by atoms with E-state index in [1.165, 1.54) is 6.07 Å². The number of para-hydroxylation sites is 1. The molecule has 0 amide bonds. The summed E-state index contributed by atoms with van der Waals surface area (Å²) in [5.41, 5.74) is 4.29. The van der Waals surface area contributed by atoms with E-state index in [9.17, 15) is 14.3 Å². The molecule has 1 aromatic heterocycles. The number of fused-ring (bicyclic) bond motifs is 2. The number of hydrogen-bond donors (Lipinski definition) is 1. The predicted molar refractivity (Wildman–Crippen MR) is 157 cm³/mol. The summed E-state index contributed by atoms with van der Waals surface area (Å²) >= 11 is 0. The second-order valence-corrected chi connectivity index (χ2v) is 11.2. The number of imidazole rings is 1. The quantitative estimate of drug-likeness (QED) is 0.263. The first-order valence-corrected chi connectivity index (χ1v) is 14.3. The third-order valence-electron chi connectivity index (χ3n) is 8.41. The Bertz CT molecular complexity index is 1840. The number of halogens is 1. The smallest absolute Gasteiger partial charge is 0.335 e. The van der Waals surface area contributed by atoms with Crippen molar-refractivity contribution in [3.05, 3.63) is 100 Å². The van der Waals surface area contributed by atoms with Gasteiger partial charge in [0.15, 0.2) is 17.2 Å². The Morgan fingerprint density at radius 3 is 2.77 bits per heavy atom. The van der Waals surface area contributed by atoms with Crippen LogP contribution in [-0.4, -0.2) is 51.3 Å². The summed E-state index contributed by atoms with van der Waals surface area (Å²) in [4.78, 5) is 22.1. The zero-order valence-corrected chi connectivity index (χ0v) is 23.5. The molecular formula is C33H29FN4O5. The van der Waals surface area contributed by atoms with E-state index in [-0.39, 0.29) is 22.9 Å². The van der Waals surface area contributed by atoms with Gasteiger partial charge in [-0.2, -0.15) is 0 Å². The summed E-state index contributed by atoms with van der Waals surface area (Å²) in [7, 11) is 0. The minimum Gasteiger partial charge on any atom is -0.478 e. The molecule has 218 valence electrons. The third kappa shape index (κ3) is 4.90. The Labute approximate surface area is 247 Å². The minimum atomic E-state index is -1.35. The SMILES string of the molecule is [C-]#[N+]c1ccc(C2(C)Oc3cccc(C4=CCN(Cc5nc6ccc(C(=O)O)cc6n5C[C@@H]5CCO5)CC4)c3O2)c(F)c1. The molecule has 3 aliphatic rings. The summed E-state index contributed by atoms with van der Waals surface area (Å²) in [6, 6.07) is 15.1. The average molecular weight is 581 g/mol. The first-order chi connectivity index (χ1) is 20.8. The Morgan fingerprint density at radius 2 is 2.07 bits per heavy atom. The maximum atomic E-state index is 14.9. The molecule has 0 aliphatic carbocycles. The van der Waals surface area contributed by atoms with Gasteiger partial charge in [-0.25, -0.2) is 19.0 Å². The van der Waals surface area contributed by atoms with E-state index in [4.69, 9.17) is 25.8 Å².